The van der Waals surface area contributed by atoms with E-state index in [0.717, 1.165) is 18.2 Å². The molecule has 2 N–H and O–H groups in total. The normalized spacial score (nSPS) is 14.3. The molecule has 1 amide bonds. The SMILES string of the molecule is Cc1csc(C(O)(CC(=O)Nc2ccc(F)c(Cl)c2)C(F)(F)F)n1. The Balaban J connectivity index is 2.23. The van der Waals surface area contributed by atoms with E-state index in [2.05, 4.69) is 10.3 Å². The van der Waals surface area contributed by atoms with Crippen molar-refractivity contribution >= 4 is 34.5 Å². The molecule has 0 bridgehead atoms. The van der Waals surface area contributed by atoms with E-state index < -0.39 is 34.9 Å². The number of hydrogen-bond donors (Lipinski definition) is 2. The third kappa shape index (κ3) is 3.85. The first-order chi connectivity index (χ1) is 11.0. The maximum atomic E-state index is 13.3. The van der Waals surface area contributed by atoms with Gasteiger partial charge in [-0.3, -0.25) is 4.79 Å². The first kappa shape index (κ1) is 18.6. The van der Waals surface area contributed by atoms with Crippen LogP contribution in [0.3, 0.4) is 0 Å². The van der Waals surface area contributed by atoms with Crippen LogP contribution < -0.4 is 5.32 Å². The molecule has 2 aromatic rings. The van der Waals surface area contributed by atoms with Crippen LogP contribution in [0.1, 0.15) is 17.1 Å². The molecule has 1 heterocycles. The van der Waals surface area contributed by atoms with Crippen molar-refractivity contribution in [3.8, 4) is 0 Å². The zero-order valence-electron chi connectivity index (χ0n) is 12.1. The molecular formula is C14H11ClF4N2O2S. The van der Waals surface area contributed by atoms with Gasteiger partial charge in [-0.1, -0.05) is 11.6 Å². The number of benzene rings is 1. The van der Waals surface area contributed by atoms with Crippen LogP contribution in [-0.4, -0.2) is 22.2 Å². The van der Waals surface area contributed by atoms with Gasteiger partial charge in [0.1, 0.15) is 10.8 Å². The van der Waals surface area contributed by atoms with E-state index in [0.29, 0.717) is 17.0 Å². The molecule has 0 spiro atoms. The Morgan fingerprint density at radius 3 is 2.58 bits per heavy atom. The molecule has 1 aromatic heterocycles. The van der Waals surface area contributed by atoms with E-state index in [9.17, 15) is 27.5 Å². The number of nitrogens with zero attached hydrogens (tertiary/aromatic N) is 1. The molecule has 10 heteroatoms. The molecule has 1 atom stereocenters. The lowest BCUT2D eigenvalue weighted by atomic mass is 9.99. The van der Waals surface area contributed by atoms with Crippen LogP contribution in [0.15, 0.2) is 23.6 Å². The summed E-state index contributed by atoms with van der Waals surface area (Å²) in [5.41, 5.74) is -3.12. The summed E-state index contributed by atoms with van der Waals surface area (Å²) in [6.45, 7) is 1.47. The number of halogens is 5. The van der Waals surface area contributed by atoms with Gasteiger partial charge in [0.05, 0.1) is 11.4 Å². The number of thiazole rings is 1. The fourth-order valence-corrected chi connectivity index (χ4v) is 2.95. The summed E-state index contributed by atoms with van der Waals surface area (Å²) in [7, 11) is 0. The van der Waals surface area contributed by atoms with Gasteiger partial charge in [0.2, 0.25) is 11.5 Å². The fraction of sp³-hybridized carbons (Fsp3) is 0.286. The van der Waals surface area contributed by atoms with Crippen molar-refractivity contribution < 1.29 is 27.5 Å². The minimum atomic E-state index is -5.10. The lowest BCUT2D eigenvalue weighted by Gasteiger charge is -2.27. The van der Waals surface area contributed by atoms with Crippen LogP contribution in [0.2, 0.25) is 5.02 Å². The number of anilines is 1. The van der Waals surface area contributed by atoms with Crippen molar-refractivity contribution in [1.29, 1.82) is 0 Å². The van der Waals surface area contributed by atoms with Crippen molar-refractivity contribution in [3.63, 3.8) is 0 Å². The van der Waals surface area contributed by atoms with Crippen LogP contribution in [0.5, 0.6) is 0 Å². The van der Waals surface area contributed by atoms with E-state index in [1.54, 1.807) is 0 Å². The minimum absolute atomic E-state index is 0.00578. The molecule has 1 unspecified atom stereocenters. The molecule has 0 saturated heterocycles. The second-order valence-corrected chi connectivity index (χ2v) is 6.27. The van der Waals surface area contributed by atoms with Gasteiger partial charge >= 0.3 is 6.18 Å². The molecule has 0 aliphatic carbocycles. The molecule has 0 aliphatic heterocycles. The molecule has 4 nitrogen and oxygen atoms in total. The van der Waals surface area contributed by atoms with Crippen LogP contribution >= 0.6 is 22.9 Å². The van der Waals surface area contributed by atoms with Gasteiger partial charge in [0, 0.05) is 16.8 Å². The Kier molecular flexibility index (Phi) is 5.17. The van der Waals surface area contributed by atoms with Crippen molar-refractivity contribution in [2.24, 2.45) is 0 Å². The number of aromatic nitrogens is 1. The summed E-state index contributed by atoms with van der Waals surface area (Å²) in [4.78, 5) is 15.6. The summed E-state index contributed by atoms with van der Waals surface area (Å²) in [5.74, 6) is -1.86. The predicted molar refractivity (Wildman–Crippen MR) is 81.5 cm³/mol. The molecular weight excluding hydrogens is 372 g/mol. The zero-order valence-corrected chi connectivity index (χ0v) is 13.7. The monoisotopic (exact) mass is 382 g/mol. The van der Waals surface area contributed by atoms with E-state index in [4.69, 9.17) is 11.6 Å². The Hall–Kier alpha value is -1.71. The van der Waals surface area contributed by atoms with Gasteiger partial charge in [-0.05, 0) is 25.1 Å². The van der Waals surface area contributed by atoms with Gasteiger partial charge in [0.15, 0.2) is 0 Å². The van der Waals surface area contributed by atoms with Crippen LogP contribution in [0.25, 0.3) is 0 Å². The molecule has 1 aromatic carbocycles. The van der Waals surface area contributed by atoms with Crippen LogP contribution in [0.4, 0.5) is 23.2 Å². The predicted octanol–water partition coefficient (Wildman–Crippen LogP) is 4.02. The average molecular weight is 383 g/mol. The number of carbonyl (C=O) groups is 1. The number of rotatable bonds is 4. The number of aryl methyl sites for hydroxylation is 1. The van der Waals surface area contributed by atoms with Gasteiger partial charge in [-0.25, -0.2) is 9.37 Å². The van der Waals surface area contributed by atoms with Gasteiger partial charge in [0.25, 0.3) is 0 Å². The Morgan fingerprint density at radius 1 is 1.42 bits per heavy atom. The first-order valence-corrected chi connectivity index (χ1v) is 7.75. The van der Waals surface area contributed by atoms with Crippen molar-refractivity contribution in [1.82, 2.24) is 4.98 Å². The summed E-state index contributed by atoms with van der Waals surface area (Å²) >= 11 is 6.14. The van der Waals surface area contributed by atoms with Crippen LogP contribution in [-0.2, 0) is 10.4 Å². The average Bonchev–Trinajstić information content (AvgIpc) is 2.88. The Labute approximate surface area is 143 Å². The third-order valence-corrected chi connectivity index (χ3v) is 4.46. The molecule has 0 fully saturated rings. The topological polar surface area (TPSA) is 62.2 Å². The Bertz CT molecular complexity index is 765. The standard InChI is InChI=1S/C14H11ClF4N2O2S/c1-7-6-24-12(20-7)13(23,14(17,18)19)5-11(22)21-8-2-3-10(16)9(15)4-8/h2-4,6,23H,5H2,1H3,(H,21,22). The van der Waals surface area contributed by atoms with Crippen molar-refractivity contribution in [2.45, 2.75) is 25.1 Å². The summed E-state index contributed by atoms with van der Waals surface area (Å²) in [6.07, 6.45) is -6.40. The molecule has 130 valence electrons. The van der Waals surface area contributed by atoms with Crippen molar-refractivity contribution in [3.05, 3.63) is 45.1 Å². The van der Waals surface area contributed by atoms with Crippen LogP contribution in [0, 0.1) is 12.7 Å². The number of aliphatic hydroxyl groups is 1. The smallest absolute Gasteiger partial charge is 0.374 e. The maximum Gasteiger partial charge on any atom is 0.424 e. The summed E-state index contributed by atoms with van der Waals surface area (Å²) in [5, 5.41) is 12.6. The van der Waals surface area contributed by atoms with E-state index in [1.807, 2.05) is 0 Å². The lowest BCUT2D eigenvalue weighted by molar-refractivity contribution is -0.266. The number of amides is 1. The second kappa shape index (κ2) is 6.66. The highest BCUT2D eigenvalue weighted by molar-refractivity contribution is 7.09. The number of alkyl halides is 3. The quantitative estimate of drug-likeness (QED) is 0.785. The third-order valence-electron chi connectivity index (χ3n) is 3.06. The number of nitrogens with one attached hydrogen (secondary N) is 1. The highest BCUT2D eigenvalue weighted by Gasteiger charge is 2.58. The largest absolute Gasteiger partial charge is 0.424 e. The highest BCUT2D eigenvalue weighted by atomic mass is 35.5. The van der Waals surface area contributed by atoms with Gasteiger partial charge in [-0.15, -0.1) is 11.3 Å². The fourth-order valence-electron chi connectivity index (χ4n) is 1.85. The molecule has 0 saturated carbocycles. The van der Waals surface area contributed by atoms with E-state index in [1.165, 1.54) is 12.3 Å². The molecule has 0 radical (unpaired) electrons. The summed E-state index contributed by atoms with van der Waals surface area (Å²) < 4.78 is 52.9. The van der Waals surface area contributed by atoms with Gasteiger partial charge in [-0.2, -0.15) is 13.2 Å². The lowest BCUT2D eigenvalue weighted by Crippen LogP contribution is -2.45. The molecule has 2 rings (SSSR count). The maximum absolute atomic E-state index is 13.3. The number of carbonyl (C=O) groups excluding carboxylic acids is 1. The first-order valence-electron chi connectivity index (χ1n) is 6.49. The summed E-state index contributed by atoms with van der Waals surface area (Å²) in [6, 6.07) is 3.15. The minimum Gasteiger partial charge on any atom is -0.374 e. The molecule has 0 aliphatic rings. The zero-order chi connectivity index (χ0) is 18.1. The van der Waals surface area contributed by atoms with E-state index >= 15 is 0 Å². The number of hydrogen-bond acceptors (Lipinski definition) is 4. The molecule has 24 heavy (non-hydrogen) atoms. The second-order valence-electron chi connectivity index (χ2n) is 5.01. The van der Waals surface area contributed by atoms with Gasteiger partial charge < -0.3 is 10.4 Å². The van der Waals surface area contributed by atoms with E-state index in [-0.39, 0.29) is 10.7 Å². The highest BCUT2D eigenvalue weighted by Crippen LogP contribution is 2.43. The van der Waals surface area contributed by atoms with Crippen molar-refractivity contribution in [2.75, 3.05) is 5.32 Å². The Morgan fingerprint density at radius 2 is 2.08 bits per heavy atom.